The Kier molecular flexibility index (Phi) is 5.15. The van der Waals surface area contributed by atoms with Gasteiger partial charge < -0.3 is 11.1 Å². The Labute approximate surface area is 119 Å². The Balaban J connectivity index is 2.46. The average molecular weight is 309 g/mol. The third kappa shape index (κ3) is 4.75. The zero-order valence-corrected chi connectivity index (χ0v) is 12.4. The molecule has 1 amide bonds. The van der Waals surface area contributed by atoms with Crippen LogP contribution in [0, 0.1) is 5.41 Å². The Morgan fingerprint density at radius 2 is 2.05 bits per heavy atom. The van der Waals surface area contributed by atoms with Crippen LogP contribution >= 0.6 is 11.3 Å². The van der Waals surface area contributed by atoms with Crippen molar-refractivity contribution in [2.45, 2.75) is 39.4 Å². The van der Waals surface area contributed by atoms with Gasteiger partial charge in [-0.25, -0.2) is 4.98 Å². The molecule has 0 spiro atoms. The molecule has 1 aromatic heterocycles. The predicted molar refractivity (Wildman–Crippen MR) is 71.3 cm³/mol. The number of alkyl halides is 3. The summed E-state index contributed by atoms with van der Waals surface area (Å²) in [5.41, 5.74) is 4.50. The van der Waals surface area contributed by atoms with E-state index < -0.39 is 17.9 Å². The van der Waals surface area contributed by atoms with E-state index in [0.29, 0.717) is 5.01 Å². The van der Waals surface area contributed by atoms with Crippen LogP contribution in [-0.4, -0.2) is 23.5 Å². The number of halogens is 3. The zero-order valence-electron chi connectivity index (χ0n) is 11.5. The molecule has 0 radical (unpaired) electrons. The van der Waals surface area contributed by atoms with Gasteiger partial charge in [0.2, 0.25) is 5.91 Å². The number of carbonyl (C=O) groups excluding carboxylic acids is 1. The van der Waals surface area contributed by atoms with E-state index in [-0.39, 0.29) is 24.3 Å². The van der Waals surface area contributed by atoms with Crippen molar-refractivity contribution in [2.24, 2.45) is 11.1 Å². The van der Waals surface area contributed by atoms with Gasteiger partial charge in [0.25, 0.3) is 0 Å². The fourth-order valence-corrected chi connectivity index (χ4v) is 2.16. The number of nitrogens with one attached hydrogen (secondary N) is 1. The number of carbonyl (C=O) groups is 1. The van der Waals surface area contributed by atoms with Gasteiger partial charge in [0, 0.05) is 18.3 Å². The Morgan fingerprint density at radius 3 is 2.50 bits per heavy atom. The third-order valence-corrected chi connectivity index (χ3v) is 3.60. The van der Waals surface area contributed by atoms with E-state index >= 15 is 0 Å². The molecule has 8 heteroatoms. The van der Waals surface area contributed by atoms with E-state index in [9.17, 15) is 18.0 Å². The molecule has 0 unspecified atom stereocenters. The first-order chi connectivity index (χ1) is 9.01. The van der Waals surface area contributed by atoms with Gasteiger partial charge in [-0.05, 0) is 5.41 Å². The molecule has 20 heavy (non-hydrogen) atoms. The minimum Gasteiger partial charge on any atom is -0.354 e. The zero-order chi connectivity index (χ0) is 15.6. The van der Waals surface area contributed by atoms with Crippen LogP contribution in [0.15, 0.2) is 5.38 Å². The molecule has 114 valence electrons. The third-order valence-electron chi connectivity index (χ3n) is 2.70. The van der Waals surface area contributed by atoms with Gasteiger partial charge in [0.15, 0.2) is 5.69 Å². The summed E-state index contributed by atoms with van der Waals surface area (Å²) >= 11 is 0.928. The van der Waals surface area contributed by atoms with Crippen molar-refractivity contribution in [1.29, 1.82) is 0 Å². The molecule has 0 fully saturated rings. The van der Waals surface area contributed by atoms with Gasteiger partial charge >= 0.3 is 6.18 Å². The summed E-state index contributed by atoms with van der Waals surface area (Å²) in [4.78, 5) is 15.2. The predicted octanol–water partition coefficient (Wildman–Crippen LogP) is 2.19. The monoisotopic (exact) mass is 309 g/mol. The minimum absolute atomic E-state index is 0.216. The minimum atomic E-state index is -4.42. The van der Waals surface area contributed by atoms with Crippen molar-refractivity contribution in [3.63, 3.8) is 0 Å². The average Bonchev–Trinajstić information content (AvgIpc) is 2.75. The highest BCUT2D eigenvalue weighted by Crippen LogP contribution is 2.30. The largest absolute Gasteiger partial charge is 0.434 e. The lowest BCUT2D eigenvalue weighted by atomic mass is 9.87. The lowest BCUT2D eigenvalue weighted by molar-refractivity contribution is -0.140. The first-order valence-corrected chi connectivity index (χ1v) is 6.94. The molecule has 0 aliphatic rings. The molecular weight excluding hydrogens is 291 g/mol. The van der Waals surface area contributed by atoms with Gasteiger partial charge in [-0.15, -0.1) is 11.3 Å². The van der Waals surface area contributed by atoms with Crippen LogP contribution in [0.1, 0.15) is 31.5 Å². The Hall–Kier alpha value is -1.15. The van der Waals surface area contributed by atoms with Crippen molar-refractivity contribution in [3.8, 4) is 0 Å². The van der Waals surface area contributed by atoms with Crippen LogP contribution in [-0.2, 0) is 17.4 Å². The summed E-state index contributed by atoms with van der Waals surface area (Å²) < 4.78 is 37.0. The molecule has 0 aliphatic carbocycles. The summed E-state index contributed by atoms with van der Waals surface area (Å²) in [7, 11) is 0. The summed E-state index contributed by atoms with van der Waals surface area (Å²) in [6.07, 6.45) is -4.17. The lowest BCUT2D eigenvalue weighted by Gasteiger charge is -2.25. The fraction of sp³-hybridized carbons (Fsp3) is 0.667. The molecule has 1 aromatic rings. The molecule has 1 heterocycles. The summed E-state index contributed by atoms with van der Waals surface area (Å²) in [5, 5.41) is 3.91. The summed E-state index contributed by atoms with van der Waals surface area (Å²) in [5.74, 6) is -0.315. The highest BCUT2D eigenvalue weighted by molar-refractivity contribution is 7.09. The number of nitrogens with two attached hydrogens (primary N) is 1. The molecule has 0 aliphatic heterocycles. The summed E-state index contributed by atoms with van der Waals surface area (Å²) in [6, 6.07) is -0.662. The molecule has 1 rings (SSSR count). The number of amides is 1. The summed E-state index contributed by atoms with van der Waals surface area (Å²) in [6.45, 7) is 5.74. The number of hydrogen-bond acceptors (Lipinski definition) is 4. The molecule has 0 saturated carbocycles. The first kappa shape index (κ1) is 16.9. The topological polar surface area (TPSA) is 68.0 Å². The Bertz CT molecular complexity index is 465. The normalized spacial score (nSPS) is 14.2. The second kappa shape index (κ2) is 6.09. The van der Waals surface area contributed by atoms with E-state index in [0.717, 1.165) is 16.7 Å². The van der Waals surface area contributed by atoms with E-state index in [2.05, 4.69) is 10.3 Å². The van der Waals surface area contributed by atoms with Crippen LogP contribution in [0.25, 0.3) is 0 Å². The van der Waals surface area contributed by atoms with E-state index in [4.69, 9.17) is 5.73 Å². The number of nitrogens with zero attached hydrogens (tertiary/aromatic N) is 1. The molecule has 0 saturated heterocycles. The number of aromatic nitrogens is 1. The van der Waals surface area contributed by atoms with E-state index in [1.54, 1.807) is 0 Å². The van der Waals surface area contributed by atoms with Gasteiger partial charge in [-0.3, -0.25) is 4.79 Å². The van der Waals surface area contributed by atoms with Crippen molar-refractivity contribution in [2.75, 3.05) is 6.54 Å². The molecule has 1 atom stereocenters. The van der Waals surface area contributed by atoms with Crippen molar-refractivity contribution in [1.82, 2.24) is 10.3 Å². The van der Waals surface area contributed by atoms with Crippen molar-refractivity contribution >= 4 is 17.2 Å². The van der Waals surface area contributed by atoms with Crippen LogP contribution in [0.3, 0.4) is 0 Å². The molecule has 4 nitrogen and oxygen atoms in total. The molecular formula is C12H18F3N3OS. The quantitative estimate of drug-likeness (QED) is 0.896. The second-order valence-electron chi connectivity index (χ2n) is 5.51. The standard InChI is InChI=1S/C12H18F3N3OS/c1-11(2,3)9(16)10(19)17-5-4-8-18-7(6-20-8)12(13,14)15/h6,9H,4-5,16H2,1-3H3,(H,17,19)/t9-/m1/s1. The highest BCUT2D eigenvalue weighted by Gasteiger charge is 2.33. The molecule has 3 N–H and O–H groups in total. The van der Waals surface area contributed by atoms with Crippen molar-refractivity contribution < 1.29 is 18.0 Å². The van der Waals surface area contributed by atoms with Crippen molar-refractivity contribution in [3.05, 3.63) is 16.1 Å². The smallest absolute Gasteiger partial charge is 0.354 e. The first-order valence-electron chi connectivity index (χ1n) is 6.06. The van der Waals surface area contributed by atoms with Crippen LogP contribution in [0.4, 0.5) is 13.2 Å². The maximum Gasteiger partial charge on any atom is 0.434 e. The lowest BCUT2D eigenvalue weighted by Crippen LogP contribution is -2.48. The number of thiazole rings is 1. The SMILES string of the molecule is CC(C)(C)[C@H](N)C(=O)NCCc1nc(C(F)(F)F)cs1. The number of hydrogen-bond donors (Lipinski definition) is 2. The second-order valence-corrected chi connectivity index (χ2v) is 6.45. The van der Waals surface area contributed by atoms with Crippen LogP contribution in [0.2, 0.25) is 0 Å². The van der Waals surface area contributed by atoms with Gasteiger partial charge in [-0.2, -0.15) is 13.2 Å². The van der Waals surface area contributed by atoms with Crippen LogP contribution in [0.5, 0.6) is 0 Å². The maximum atomic E-state index is 12.3. The van der Waals surface area contributed by atoms with Gasteiger partial charge in [0.05, 0.1) is 11.0 Å². The number of rotatable bonds is 4. The maximum absolute atomic E-state index is 12.3. The van der Waals surface area contributed by atoms with Gasteiger partial charge in [0.1, 0.15) is 0 Å². The van der Waals surface area contributed by atoms with E-state index in [1.807, 2.05) is 20.8 Å². The van der Waals surface area contributed by atoms with Gasteiger partial charge in [-0.1, -0.05) is 20.8 Å². The molecule has 0 bridgehead atoms. The van der Waals surface area contributed by atoms with E-state index in [1.165, 1.54) is 0 Å². The molecule has 0 aromatic carbocycles. The Morgan fingerprint density at radius 1 is 1.45 bits per heavy atom. The van der Waals surface area contributed by atoms with Crippen LogP contribution < -0.4 is 11.1 Å². The fourth-order valence-electron chi connectivity index (χ4n) is 1.35. The highest BCUT2D eigenvalue weighted by atomic mass is 32.1.